The summed E-state index contributed by atoms with van der Waals surface area (Å²) < 4.78 is 26.0. The molecule has 170 valence electrons. The van der Waals surface area contributed by atoms with Crippen LogP contribution >= 0.6 is 0 Å². The van der Waals surface area contributed by atoms with Gasteiger partial charge in [0.2, 0.25) is 0 Å². The van der Waals surface area contributed by atoms with E-state index in [1.54, 1.807) is 36.1 Å². The maximum Gasteiger partial charge on any atom is 0.355 e. The Labute approximate surface area is 193 Å². The van der Waals surface area contributed by atoms with Gasteiger partial charge in [0, 0.05) is 56.6 Å². The van der Waals surface area contributed by atoms with E-state index in [1.807, 2.05) is 12.1 Å². The molecule has 6 nitrogen and oxygen atoms in total. The SMILES string of the molecule is COC(=O)c1c(-c2ccncc2)c(-c2ccc(F)cc2)c(C#CCCN2CCOCC2)n1C. The second kappa shape index (κ2) is 10.4. The summed E-state index contributed by atoms with van der Waals surface area (Å²) in [5, 5.41) is 0. The van der Waals surface area contributed by atoms with Gasteiger partial charge in [-0.3, -0.25) is 9.88 Å². The highest BCUT2D eigenvalue weighted by molar-refractivity contribution is 6.03. The summed E-state index contributed by atoms with van der Waals surface area (Å²) in [5.41, 5.74) is 4.10. The molecule has 2 aromatic heterocycles. The van der Waals surface area contributed by atoms with Crippen molar-refractivity contribution in [2.75, 3.05) is 40.0 Å². The van der Waals surface area contributed by atoms with E-state index in [4.69, 9.17) is 9.47 Å². The quantitative estimate of drug-likeness (QED) is 0.440. The zero-order valence-electron chi connectivity index (χ0n) is 18.8. The Bertz CT molecular complexity index is 1170. The maximum atomic E-state index is 13.7. The van der Waals surface area contributed by atoms with Crippen molar-refractivity contribution in [3.8, 4) is 34.1 Å². The van der Waals surface area contributed by atoms with Gasteiger partial charge in [0.1, 0.15) is 17.2 Å². The van der Waals surface area contributed by atoms with Gasteiger partial charge in [-0.15, -0.1) is 0 Å². The van der Waals surface area contributed by atoms with Crippen molar-refractivity contribution in [3.05, 3.63) is 66.0 Å². The Kier molecular flexibility index (Phi) is 7.18. The number of hydrogen-bond donors (Lipinski definition) is 0. The summed E-state index contributed by atoms with van der Waals surface area (Å²) in [5.74, 6) is 5.76. The fourth-order valence-electron chi connectivity index (χ4n) is 4.05. The Balaban J connectivity index is 1.83. The zero-order valence-corrected chi connectivity index (χ0v) is 18.8. The Morgan fingerprint density at radius 1 is 1.09 bits per heavy atom. The van der Waals surface area contributed by atoms with Gasteiger partial charge in [-0.1, -0.05) is 18.1 Å². The molecule has 0 bridgehead atoms. The van der Waals surface area contributed by atoms with Crippen molar-refractivity contribution in [3.63, 3.8) is 0 Å². The van der Waals surface area contributed by atoms with Crippen molar-refractivity contribution in [1.29, 1.82) is 0 Å². The van der Waals surface area contributed by atoms with E-state index < -0.39 is 5.97 Å². The van der Waals surface area contributed by atoms with Crippen LogP contribution in [0.4, 0.5) is 4.39 Å². The van der Waals surface area contributed by atoms with Crippen molar-refractivity contribution in [2.24, 2.45) is 7.05 Å². The molecule has 0 spiro atoms. The number of halogens is 1. The smallest absolute Gasteiger partial charge is 0.355 e. The van der Waals surface area contributed by atoms with Gasteiger partial charge in [-0.05, 0) is 41.3 Å². The van der Waals surface area contributed by atoms with Crippen molar-refractivity contribution >= 4 is 5.97 Å². The topological polar surface area (TPSA) is 56.6 Å². The Morgan fingerprint density at radius 2 is 1.76 bits per heavy atom. The molecule has 3 heterocycles. The molecule has 1 fully saturated rings. The largest absolute Gasteiger partial charge is 0.464 e. The number of methoxy groups -OCH3 is 1. The molecule has 0 amide bonds. The molecule has 0 N–H and O–H groups in total. The molecule has 1 aliphatic rings. The molecule has 1 aromatic carbocycles. The number of carbonyl (C=O) groups is 1. The third-order valence-corrected chi connectivity index (χ3v) is 5.74. The van der Waals surface area contributed by atoms with Crippen LogP contribution in [0.25, 0.3) is 22.3 Å². The highest BCUT2D eigenvalue weighted by Gasteiger charge is 2.27. The number of aromatic nitrogens is 2. The lowest BCUT2D eigenvalue weighted by molar-refractivity contribution is 0.0390. The fraction of sp³-hybridized carbons (Fsp3) is 0.308. The Hall–Kier alpha value is -3.47. The lowest BCUT2D eigenvalue weighted by Gasteiger charge is -2.25. The number of esters is 1. The molecule has 33 heavy (non-hydrogen) atoms. The van der Waals surface area contributed by atoms with E-state index >= 15 is 0 Å². The zero-order chi connectivity index (χ0) is 23.2. The number of carbonyl (C=O) groups excluding carboxylic acids is 1. The molecule has 7 heteroatoms. The van der Waals surface area contributed by atoms with Crippen LogP contribution in [-0.2, 0) is 16.5 Å². The van der Waals surface area contributed by atoms with Crippen molar-refractivity contribution in [2.45, 2.75) is 6.42 Å². The molecular formula is C26H26FN3O3. The molecule has 0 aliphatic carbocycles. The summed E-state index contributed by atoms with van der Waals surface area (Å²) in [6.45, 7) is 4.17. The maximum absolute atomic E-state index is 13.7. The van der Waals surface area contributed by atoms with Gasteiger partial charge in [0.15, 0.2) is 0 Å². The fourth-order valence-corrected chi connectivity index (χ4v) is 4.05. The molecule has 0 saturated carbocycles. The van der Waals surface area contributed by atoms with Crippen LogP contribution < -0.4 is 0 Å². The average Bonchev–Trinajstić information content (AvgIpc) is 3.15. The number of nitrogens with zero attached hydrogens (tertiary/aromatic N) is 3. The first-order valence-electron chi connectivity index (χ1n) is 10.9. The molecule has 0 atom stereocenters. The highest BCUT2D eigenvalue weighted by atomic mass is 19.1. The minimum absolute atomic E-state index is 0.327. The van der Waals surface area contributed by atoms with E-state index in [9.17, 15) is 9.18 Å². The molecule has 1 saturated heterocycles. The number of ether oxygens (including phenoxy) is 2. The number of benzene rings is 1. The second-order valence-electron chi connectivity index (χ2n) is 7.75. The van der Waals surface area contributed by atoms with Crippen molar-refractivity contribution in [1.82, 2.24) is 14.5 Å². The summed E-state index contributed by atoms with van der Waals surface area (Å²) in [6, 6.07) is 9.90. The molecular weight excluding hydrogens is 421 g/mol. The van der Waals surface area contributed by atoms with Gasteiger partial charge in [0.05, 0.1) is 20.3 Å². The third kappa shape index (κ3) is 4.98. The minimum atomic E-state index is -0.464. The summed E-state index contributed by atoms with van der Waals surface area (Å²) in [6.07, 6.45) is 4.03. The van der Waals surface area contributed by atoms with E-state index in [-0.39, 0.29) is 5.82 Å². The number of morpholine rings is 1. The first-order chi connectivity index (χ1) is 16.1. The van der Waals surface area contributed by atoms with E-state index in [0.717, 1.165) is 49.5 Å². The lowest BCUT2D eigenvalue weighted by Crippen LogP contribution is -2.36. The normalized spacial score (nSPS) is 13.9. The molecule has 0 radical (unpaired) electrons. The van der Waals surface area contributed by atoms with Crippen LogP contribution in [0.5, 0.6) is 0 Å². The molecule has 1 aliphatic heterocycles. The minimum Gasteiger partial charge on any atom is -0.464 e. The first-order valence-corrected chi connectivity index (χ1v) is 10.9. The highest BCUT2D eigenvalue weighted by Crippen LogP contribution is 2.39. The first kappa shape index (κ1) is 22.7. The standard InChI is InChI=1S/C26H26FN3O3/c1-29-22(5-3-4-14-30-15-17-33-18-16-30)23(19-6-8-21(27)9-7-19)24(25(29)26(31)32-2)20-10-12-28-13-11-20/h6-13H,4,14-18H2,1-2H3. The van der Waals surface area contributed by atoms with Crippen LogP contribution in [0.15, 0.2) is 48.8 Å². The second-order valence-corrected chi connectivity index (χ2v) is 7.75. The number of hydrogen-bond acceptors (Lipinski definition) is 5. The van der Waals surface area contributed by atoms with Crippen molar-refractivity contribution < 1.29 is 18.7 Å². The monoisotopic (exact) mass is 447 g/mol. The summed E-state index contributed by atoms with van der Waals surface area (Å²) in [7, 11) is 3.16. The van der Waals surface area contributed by atoms with E-state index in [0.29, 0.717) is 23.4 Å². The lowest BCUT2D eigenvalue weighted by atomic mass is 9.95. The van der Waals surface area contributed by atoms with Gasteiger partial charge < -0.3 is 14.0 Å². The van der Waals surface area contributed by atoms with Gasteiger partial charge in [-0.25, -0.2) is 9.18 Å². The van der Waals surface area contributed by atoms with Gasteiger partial charge in [-0.2, -0.15) is 0 Å². The van der Waals surface area contributed by atoms with Crippen LogP contribution in [0.3, 0.4) is 0 Å². The van der Waals surface area contributed by atoms with Gasteiger partial charge in [0.25, 0.3) is 0 Å². The third-order valence-electron chi connectivity index (χ3n) is 5.74. The molecule has 0 unspecified atom stereocenters. The summed E-state index contributed by atoms with van der Waals surface area (Å²) >= 11 is 0. The predicted molar refractivity (Wildman–Crippen MR) is 124 cm³/mol. The van der Waals surface area contributed by atoms with Crippen LogP contribution in [0.1, 0.15) is 22.6 Å². The van der Waals surface area contributed by atoms with E-state index in [2.05, 4.69) is 21.7 Å². The average molecular weight is 448 g/mol. The van der Waals surface area contributed by atoms with Gasteiger partial charge >= 0.3 is 5.97 Å². The Morgan fingerprint density at radius 3 is 2.42 bits per heavy atom. The molecule has 4 rings (SSSR count). The van der Waals surface area contributed by atoms with Crippen LogP contribution in [-0.4, -0.2) is 60.4 Å². The predicted octanol–water partition coefficient (Wildman–Crippen LogP) is 3.75. The van der Waals surface area contributed by atoms with Crippen LogP contribution in [0, 0.1) is 17.7 Å². The molecule has 3 aromatic rings. The number of pyridine rings is 1. The number of rotatable bonds is 5. The van der Waals surface area contributed by atoms with Crippen LogP contribution in [0.2, 0.25) is 0 Å². The van der Waals surface area contributed by atoms with E-state index in [1.165, 1.54) is 19.2 Å². The summed E-state index contributed by atoms with van der Waals surface area (Å²) in [4.78, 5) is 19.3.